The lowest BCUT2D eigenvalue weighted by atomic mass is 9.87. The van der Waals surface area contributed by atoms with Crippen molar-refractivity contribution in [1.82, 2.24) is 4.98 Å². The van der Waals surface area contributed by atoms with Gasteiger partial charge in [-0.3, -0.25) is 0 Å². The highest BCUT2D eigenvalue weighted by atomic mass is 16.4. The average molecular weight is 321 g/mol. The van der Waals surface area contributed by atoms with Gasteiger partial charge in [0.05, 0.1) is 5.54 Å². The van der Waals surface area contributed by atoms with E-state index in [1.54, 1.807) is 0 Å². The van der Waals surface area contributed by atoms with Gasteiger partial charge >= 0.3 is 0 Å². The van der Waals surface area contributed by atoms with E-state index >= 15 is 0 Å². The predicted octanol–water partition coefficient (Wildman–Crippen LogP) is 4.02. The quantitative estimate of drug-likeness (QED) is 0.792. The van der Waals surface area contributed by atoms with Gasteiger partial charge in [-0.2, -0.15) is 4.98 Å². The molecular weight excluding hydrogens is 298 g/mol. The highest BCUT2D eigenvalue weighted by molar-refractivity contribution is 5.74. The number of oxazole rings is 1. The van der Waals surface area contributed by atoms with Gasteiger partial charge in [-0.1, -0.05) is 50.2 Å². The van der Waals surface area contributed by atoms with Gasteiger partial charge in [0.1, 0.15) is 5.52 Å². The molecule has 0 radical (unpaired) electrons. The molecule has 1 aromatic heterocycles. The van der Waals surface area contributed by atoms with Crippen LogP contribution in [0.3, 0.4) is 0 Å². The van der Waals surface area contributed by atoms with Crippen molar-refractivity contribution in [3.8, 4) is 0 Å². The lowest BCUT2D eigenvalue weighted by molar-refractivity contribution is 0.493. The molecule has 2 aromatic carbocycles. The molecule has 4 nitrogen and oxygen atoms in total. The maximum absolute atomic E-state index is 6.76. The van der Waals surface area contributed by atoms with E-state index in [1.807, 2.05) is 24.3 Å². The van der Waals surface area contributed by atoms with Gasteiger partial charge in [0, 0.05) is 13.1 Å². The van der Waals surface area contributed by atoms with Crippen LogP contribution >= 0.6 is 0 Å². The Morgan fingerprint density at radius 2 is 2.00 bits per heavy atom. The van der Waals surface area contributed by atoms with E-state index in [9.17, 15) is 0 Å². The monoisotopic (exact) mass is 321 g/mol. The molecule has 2 N–H and O–H groups in total. The van der Waals surface area contributed by atoms with Crippen molar-refractivity contribution in [2.75, 3.05) is 18.0 Å². The molecule has 4 rings (SSSR count). The van der Waals surface area contributed by atoms with Crippen LogP contribution in [0.15, 0.2) is 52.9 Å². The number of rotatable bonds is 3. The number of hydrogen-bond acceptors (Lipinski definition) is 4. The Balaban J connectivity index is 1.62. The molecule has 1 aliphatic heterocycles. The Labute approximate surface area is 142 Å². The molecule has 0 bridgehead atoms. The molecule has 4 heteroatoms. The van der Waals surface area contributed by atoms with E-state index in [4.69, 9.17) is 10.2 Å². The van der Waals surface area contributed by atoms with Gasteiger partial charge in [-0.25, -0.2) is 0 Å². The Morgan fingerprint density at radius 3 is 2.79 bits per heavy atom. The summed E-state index contributed by atoms with van der Waals surface area (Å²) in [5.41, 5.74) is 10.7. The first-order valence-corrected chi connectivity index (χ1v) is 8.55. The van der Waals surface area contributed by atoms with E-state index < -0.39 is 0 Å². The van der Waals surface area contributed by atoms with Crippen molar-refractivity contribution in [1.29, 1.82) is 0 Å². The van der Waals surface area contributed by atoms with Crippen molar-refractivity contribution in [3.05, 3.63) is 59.7 Å². The van der Waals surface area contributed by atoms with Crippen molar-refractivity contribution in [3.63, 3.8) is 0 Å². The molecular formula is C20H23N3O. The minimum Gasteiger partial charge on any atom is -0.423 e. The van der Waals surface area contributed by atoms with Crippen LogP contribution in [0.5, 0.6) is 0 Å². The van der Waals surface area contributed by atoms with Gasteiger partial charge in [-0.05, 0) is 35.6 Å². The van der Waals surface area contributed by atoms with Crippen LogP contribution in [0.25, 0.3) is 11.1 Å². The summed E-state index contributed by atoms with van der Waals surface area (Å²) in [6.07, 6.45) is 0.896. The second-order valence-corrected chi connectivity index (χ2v) is 7.07. The minimum atomic E-state index is -0.356. The second kappa shape index (κ2) is 5.64. The molecule has 1 saturated heterocycles. The van der Waals surface area contributed by atoms with Crippen LogP contribution in [-0.2, 0) is 5.54 Å². The molecule has 1 atom stereocenters. The normalized spacial score (nSPS) is 21.1. The smallest absolute Gasteiger partial charge is 0.298 e. The summed E-state index contributed by atoms with van der Waals surface area (Å²) >= 11 is 0. The van der Waals surface area contributed by atoms with Crippen LogP contribution in [0.2, 0.25) is 0 Å². The van der Waals surface area contributed by atoms with Crippen LogP contribution in [0.4, 0.5) is 6.01 Å². The fourth-order valence-electron chi connectivity index (χ4n) is 3.43. The van der Waals surface area contributed by atoms with Gasteiger partial charge in [0.25, 0.3) is 6.01 Å². The lowest BCUT2D eigenvalue weighted by Crippen LogP contribution is -2.39. The summed E-state index contributed by atoms with van der Waals surface area (Å²) in [6, 6.07) is 17.2. The maximum Gasteiger partial charge on any atom is 0.298 e. The summed E-state index contributed by atoms with van der Waals surface area (Å²) in [4.78, 5) is 6.76. The molecule has 0 aliphatic carbocycles. The van der Waals surface area contributed by atoms with E-state index in [2.05, 4.69) is 48.0 Å². The fraction of sp³-hybridized carbons (Fsp3) is 0.350. The number of nitrogens with zero attached hydrogens (tertiary/aromatic N) is 2. The zero-order chi connectivity index (χ0) is 16.7. The number of para-hydroxylation sites is 2. The number of aromatic nitrogens is 1. The van der Waals surface area contributed by atoms with Crippen LogP contribution in [-0.4, -0.2) is 18.1 Å². The minimum absolute atomic E-state index is 0.356. The first-order chi connectivity index (χ1) is 11.5. The van der Waals surface area contributed by atoms with Crippen molar-refractivity contribution < 1.29 is 4.42 Å². The van der Waals surface area contributed by atoms with Crippen LogP contribution in [0, 0.1) is 0 Å². The zero-order valence-electron chi connectivity index (χ0n) is 14.2. The van der Waals surface area contributed by atoms with E-state index in [0.717, 1.165) is 30.6 Å². The zero-order valence-corrected chi connectivity index (χ0v) is 14.2. The predicted molar refractivity (Wildman–Crippen MR) is 97.2 cm³/mol. The average Bonchev–Trinajstić information content (AvgIpc) is 3.19. The largest absolute Gasteiger partial charge is 0.423 e. The maximum atomic E-state index is 6.76. The van der Waals surface area contributed by atoms with Gasteiger partial charge in [0.2, 0.25) is 0 Å². The van der Waals surface area contributed by atoms with Gasteiger partial charge in [0.15, 0.2) is 5.58 Å². The number of nitrogens with two attached hydrogens (primary N) is 1. The molecule has 3 aromatic rings. The summed E-state index contributed by atoms with van der Waals surface area (Å²) in [5, 5.41) is 0. The Bertz CT molecular complexity index is 837. The molecule has 1 unspecified atom stereocenters. The number of benzene rings is 2. The second-order valence-electron chi connectivity index (χ2n) is 7.07. The molecule has 0 spiro atoms. The molecule has 1 aliphatic rings. The topological polar surface area (TPSA) is 55.3 Å². The number of anilines is 1. The standard InChI is InChI=1S/C20H23N3O/c1-14(2)15-6-5-7-16(12-15)20(21)10-11-23(13-20)19-22-17-8-3-4-9-18(17)24-19/h3-9,12,14H,10-11,13,21H2,1-2H3. The Morgan fingerprint density at radius 1 is 1.17 bits per heavy atom. The first-order valence-electron chi connectivity index (χ1n) is 8.55. The fourth-order valence-corrected chi connectivity index (χ4v) is 3.43. The first kappa shape index (κ1) is 15.2. The van der Waals surface area contributed by atoms with Crippen LogP contribution < -0.4 is 10.6 Å². The summed E-state index contributed by atoms with van der Waals surface area (Å²) in [7, 11) is 0. The van der Waals surface area contributed by atoms with Crippen molar-refractivity contribution >= 4 is 17.1 Å². The Kier molecular flexibility index (Phi) is 3.57. The van der Waals surface area contributed by atoms with Crippen LogP contribution in [0.1, 0.15) is 37.3 Å². The number of hydrogen-bond donors (Lipinski definition) is 1. The molecule has 0 saturated carbocycles. The number of fused-ring (bicyclic) bond motifs is 1. The third-order valence-electron chi connectivity index (χ3n) is 4.98. The third kappa shape index (κ3) is 2.57. The molecule has 0 amide bonds. The lowest BCUT2D eigenvalue weighted by Gasteiger charge is -2.25. The molecule has 1 fully saturated rings. The molecule has 124 valence electrons. The van der Waals surface area contributed by atoms with Gasteiger partial charge in [-0.15, -0.1) is 0 Å². The van der Waals surface area contributed by atoms with E-state index in [1.165, 1.54) is 11.1 Å². The molecule has 24 heavy (non-hydrogen) atoms. The van der Waals surface area contributed by atoms with Gasteiger partial charge < -0.3 is 15.1 Å². The Hall–Kier alpha value is -2.33. The van der Waals surface area contributed by atoms with Crippen molar-refractivity contribution in [2.24, 2.45) is 5.73 Å². The third-order valence-corrected chi connectivity index (χ3v) is 4.98. The van der Waals surface area contributed by atoms with E-state index in [0.29, 0.717) is 11.9 Å². The highest BCUT2D eigenvalue weighted by Crippen LogP contribution is 2.34. The van der Waals surface area contributed by atoms with E-state index in [-0.39, 0.29) is 5.54 Å². The van der Waals surface area contributed by atoms with Crippen molar-refractivity contribution in [2.45, 2.75) is 31.7 Å². The SMILES string of the molecule is CC(C)c1cccc(C2(N)CCN(c3nc4ccccc4o3)C2)c1. The summed E-state index contributed by atoms with van der Waals surface area (Å²) in [6.45, 7) is 6.00. The molecule has 2 heterocycles. The summed E-state index contributed by atoms with van der Waals surface area (Å²) in [5.74, 6) is 0.503. The summed E-state index contributed by atoms with van der Waals surface area (Å²) < 4.78 is 5.90. The highest BCUT2D eigenvalue weighted by Gasteiger charge is 2.38.